The van der Waals surface area contributed by atoms with Gasteiger partial charge in [-0.1, -0.05) is 34.1 Å². The molecule has 0 saturated heterocycles. The summed E-state index contributed by atoms with van der Waals surface area (Å²) in [5, 5.41) is 0.833. The zero-order valence-corrected chi connectivity index (χ0v) is 12.4. The SMILES string of the molecule is CCN(CCBr)C(=O)Cc1ccc(C)c(C)c1. The Morgan fingerprint density at radius 3 is 2.53 bits per heavy atom. The summed E-state index contributed by atoms with van der Waals surface area (Å²) < 4.78 is 0. The first kappa shape index (κ1) is 14.2. The summed E-state index contributed by atoms with van der Waals surface area (Å²) in [6, 6.07) is 6.23. The second-order valence-corrected chi connectivity index (χ2v) is 5.05. The van der Waals surface area contributed by atoms with Crippen LogP contribution in [0.15, 0.2) is 18.2 Å². The van der Waals surface area contributed by atoms with E-state index in [2.05, 4.69) is 41.9 Å². The molecule has 1 aromatic carbocycles. The largest absolute Gasteiger partial charge is 0.342 e. The van der Waals surface area contributed by atoms with Crippen LogP contribution < -0.4 is 0 Å². The van der Waals surface area contributed by atoms with Gasteiger partial charge in [0, 0.05) is 18.4 Å². The molecule has 1 rings (SSSR count). The predicted octanol–water partition coefficient (Wildman–Crippen LogP) is 3.09. The third kappa shape index (κ3) is 4.15. The molecular weight excluding hydrogens is 278 g/mol. The highest BCUT2D eigenvalue weighted by atomic mass is 79.9. The van der Waals surface area contributed by atoms with E-state index in [0.29, 0.717) is 6.42 Å². The van der Waals surface area contributed by atoms with Gasteiger partial charge in [-0.3, -0.25) is 4.79 Å². The van der Waals surface area contributed by atoms with E-state index in [0.717, 1.165) is 24.0 Å². The maximum atomic E-state index is 12.0. The number of amides is 1. The Morgan fingerprint density at radius 2 is 2.00 bits per heavy atom. The Bertz CT molecular complexity index is 390. The van der Waals surface area contributed by atoms with Gasteiger partial charge in [-0.25, -0.2) is 0 Å². The number of aryl methyl sites for hydroxylation is 2. The van der Waals surface area contributed by atoms with Crippen LogP contribution in [0.1, 0.15) is 23.6 Å². The first-order valence-corrected chi connectivity index (χ1v) is 7.10. The monoisotopic (exact) mass is 297 g/mol. The minimum atomic E-state index is 0.204. The van der Waals surface area contributed by atoms with Crippen LogP contribution in [0.3, 0.4) is 0 Å². The predicted molar refractivity (Wildman–Crippen MR) is 75.7 cm³/mol. The average molecular weight is 298 g/mol. The summed E-state index contributed by atoms with van der Waals surface area (Å²) >= 11 is 3.37. The molecular formula is C14H20BrNO. The van der Waals surface area contributed by atoms with Gasteiger partial charge in [0.1, 0.15) is 0 Å². The molecule has 0 atom stereocenters. The maximum absolute atomic E-state index is 12.0. The molecule has 0 unspecified atom stereocenters. The van der Waals surface area contributed by atoms with Crippen molar-refractivity contribution in [3.8, 4) is 0 Å². The fourth-order valence-electron chi connectivity index (χ4n) is 1.76. The van der Waals surface area contributed by atoms with Gasteiger partial charge in [0.25, 0.3) is 0 Å². The third-order valence-corrected chi connectivity index (χ3v) is 3.37. The van der Waals surface area contributed by atoms with Crippen LogP contribution in [0, 0.1) is 13.8 Å². The number of benzene rings is 1. The minimum Gasteiger partial charge on any atom is -0.342 e. The zero-order valence-electron chi connectivity index (χ0n) is 10.8. The van der Waals surface area contributed by atoms with Gasteiger partial charge >= 0.3 is 0 Å². The van der Waals surface area contributed by atoms with E-state index < -0.39 is 0 Å². The summed E-state index contributed by atoms with van der Waals surface area (Å²) in [5.41, 5.74) is 3.62. The molecule has 0 spiro atoms. The molecule has 1 amide bonds. The van der Waals surface area contributed by atoms with Gasteiger partial charge in [-0.15, -0.1) is 0 Å². The molecule has 0 heterocycles. The first-order chi connectivity index (χ1) is 8.08. The van der Waals surface area contributed by atoms with Crippen LogP contribution in [0.2, 0.25) is 0 Å². The number of alkyl halides is 1. The molecule has 0 N–H and O–H groups in total. The van der Waals surface area contributed by atoms with Gasteiger partial charge in [-0.05, 0) is 37.5 Å². The topological polar surface area (TPSA) is 20.3 Å². The summed E-state index contributed by atoms with van der Waals surface area (Å²) in [6.45, 7) is 7.74. The van der Waals surface area contributed by atoms with Gasteiger partial charge in [-0.2, -0.15) is 0 Å². The van der Waals surface area contributed by atoms with Gasteiger partial charge in [0.15, 0.2) is 0 Å². The molecule has 0 aromatic heterocycles. The van der Waals surface area contributed by atoms with Crippen molar-refractivity contribution in [3.05, 3.63) is 34.9 Å². The smallest absolute Gasteiger partial charge is 0.227 e. The van der Waals surface area contributed by atoms with Crippen LogP contribution in [0.4, 0.5) is 0 Å². The molecule has 94 valence electrons. The molecule has 0 aliphatic rings. The van der Waals surface area contributed by atoms with E-state index in [1.807, 2.05) is 17.9 Å². The van der Waals surface area contributed by atoms with E-state index >= 15 is 0 Å². The Kier molecular flexibility index (Phi) is 5.69. The van der Waals surface area contributed by atoms with Crippen LogP contribution in [0.5, 0.6) is 0 Å². The van der Waals surface area contributed by atoms with Crippen LogP contribution in [-0.2, 0) is 11.2 Å². The van der Waals surface area contributed by atoms with Crippen molar-refractivity contribution < 1.29 is 4.79 Å². The Morgan fingerprint density at radius 1 is 1.29 bits per heavy atom. The fourth-order valence-corrected chi connectivity index (χ4v) is 2.19. The summed E-state index contributed by atoms with van der Waals surface area (Å²) in [7, 11) is 0. The first-order valence-electron chi connectivity index (χ1n) is 5.98. The van der Waals surface area contributed by atoms with Gasteiger partial charge in [0.05, 0.1) is 6.42 Å². The van der Waals surface area contributed by atoms with Crippen LogP contribution in [0.25, 0.3) is 0 Å². The number of likely N-dealkylation sites (N-methyl/N-ethyl adjacent to an activating group) is 1. The van der Waals surface area contributed by atoms with E-state index in [1.165, 1.54) is 11.1 Å². The number of nitrogens with zero attached hydrogens (tertiary/aromatic N) is 1. The molecule has 0 fully saturated rings. The second kappa shape index (κ2) is 6.80. The zero-order chi connectivity index (χ0) is 12.8. The highest BCUT2D eigenvalue weighted by molar-refractivity contribution is 9.09. The van der Waals surface area contributed by atoms with Gasteiger partial charge < -0.3 is 4.90 Å². The highest BCUT2D eigenvalue weighted by Crippen LogP contribution is 2.11. The number of halogens is 1. The Balaban J connectivity index is 2.69. The standard InChI is InChI=1S/C14H20BrNO/c1-4-16(8-7-15)14(17)10-13-6-5-11(2)12(3)9-13/h5-6,9H,4,7-8,10H2,1-3H3. The van der Waals surface area contributed by atoms with E-state index in [4.69, 9.17) is 0 Å². The van der Waals surface area contributed by atoms with E-state index in [-0.39, 0.29) is 5.91 Å². The molecule has 0 bridgehead atoms. The maximum Gasteiger partial charge on any atom is 0.227 e. The quantitative estimate of drug-likeness (QED) is 0.765. The van der Waals surface area contributed by atoms with Crippen molar-refractivity contribution in [2.24, 2.45) is 0 Å². The van der Waals surface area contributed by atoms with Crippen molar-refractivity contribution in [1.29, 1.82) is 0 Å². The van der Waals surface area contributed by atoms with Crippen molar-refractivity contribution in [2.75, 3.05) is 18.4 Å². The number of hydrogen-bond acceptors (Lipinski definition) is 1. The van der Waals surface area contributed by atoms with E-state index in [9.17, 15) is 4.79 Å². The lowest BCUT2D eigenvalue weighted by atomic mass is 10.0. The molecule has 2 nitrogen and oxygen atoms in total. The second-order valence-electron chi connectivity index (χ2n) is 4.26. The molecule has 17 heavy (non-hydrogen) atoms. The lowest BCUT2D eigenvalue weighted by molar-refractivity contribution is -0.130. The molecule has 0 aliphatic carbocycles. The minimum absolute atomic E-state index is 0.204. The number of carbonyl (C=O) groups is 1. The Hall–Kier alpha value is -0.830. The summed E-state index contributed by atoms with van der Waals surface area (Å²) in [6.07, 6.45) is 0.502. The molecule has 0 aliphatic heterocycles. The fraction of sp³-hybridized carbons (Fsp3) is 0.500. The van der Waals surface area contributed by atoms with Crippen molar-refractivity contribution in [3.63, 3.8) is 0 Å². The Labute approximate surface area is 112 Å². The van der Waals surface area contributed by atoms with Crippen molar-refractivity contribution >= 4 is 21.8 Å². The number of hydrogen-bond donors (Lipinski definition) is 0. The third-order valence-electron chi connectivity index (χ3n) is 3.02. The van der Waals surface area contributed by atoms with Gasteiger partial charge in [0.2, 0.25) is 5.91 Å². The number of carbonyl (C=O) groups excluding carboxylic acids is 1. The highest BCUT2D eigenvalue weighted by Gasteiger charge is 2.11. The normalized spacial score (nSPS) is 10.4. The van der Waals surface area contributed by atoms with Crippen LogP contribution >= 0.6 is 15.9 Å². The molecule has 1 aromatic rings. The molecule has 0 saturated carbocycles. The molecule has 3 heteroatoms. The van der Waals surface area contributed by atoms with Crippen LogP contribution in [-0.4, -0.2) is 29.2 Å². The van der Waals surface area contributed by atoms with E-state index in [1.54, 1.807) is 0 Å². The summed E-state index contributed by atoms with van der Waals surface area (Å²) in [5.74, 6) is 0.204. The van der Waals surface area contributed by atoms with Crippen molar-refractivity contribution in [2.45, 2.75) is 27.2 Å². The summed E-state index contributed by atoms with van der Waals surface area (Å²) in [4.78, 5) is 13.9. The van der Waals surface area contributed by atoms with Crippen molar-refractivity contribution in [1.82, 2.24) is 4.90 Å². The number of rotatable bonds is 5. The lowest BCUT2D eigenvalue weighted by Gasteiger charge is -2.19. The average Bonchev–Trinajstić information content (AvgIpc) is 2.30. The molecule has 0 radical (unpaired) electrons. The lowest BCUT2D eigenvalue weighted by Crippen LogP contribution is -2.33.